The largest absolute Gasteiger partial charge is 0.375 e. The summed E-state index contributed by atoms with van der Waals surface area (Å²) in [6, 6.07) is 15.0. The summed E-state index contributed by atoms with van der Waals surface area (Å²) in [6.07, 6.45) is 1.08. The smallest absolute Gasteiger partial charge is 0.321 e. The van der Waals surface area contributed by atoms with E-state index in [1.807, 2.05) is 69.3 Å². The molecule has 0 aliphatic rings. The number of urea groups is 1. The van der Waals surface area contributed by atoms with E-state index in [-0.39, 0.29) is 18.0 Å². The molecule has 0 radical (unpaired) electrons. The Bertz CT molecular complexity index is 814. The van der Waals surface area contributed by atoms with Gasteiger partial charge in [-0.1, -0.05) is 19.1 Å². The van der Waals surface area contributed by atoms with Crippen molar-refractivity contribution in [2.45, 2.75) is 40.2 Å². The lowest BCUT2D eigenvalue weighted by Gasteiger charge is -2.20. The SMILES string of the molecule is CCCN(C)c1ccc(C(=O)N[C@H](C)c2ccc(NC(=O)N(CC)CC)cc2)cc1. The fraction of sp³-hybridized carbons (Fsp3) is 0.417. The third-order valence-electron chi connectivity index (χ3n) is 5.19. The number of carbonyl (C=O) groups is 2. The van der Waals surface area contributed by atoms with Gasteiger partial charge in [-0.2, -0.15) is 0 Å². The summed E-state index contributed by atoms with van der Waals surface area (Å²) in [5.41, 5.74) is 3.45. The molecule has 0 aromatic heterocycles. The molecule has 2 rings (SSSR count). The van der Waals surface area contributed by atoms with E-state index >= 15 is 0 Å². The molecule has 6 nitrogen and oxygen atoms in total. The number of amides is 3. The molecule has 0 heterocycles. The van der Waals surface area contributed by atoms with Crippen LogP contribution < -0.4 is 15.5 Å². The lowest BCUT2D eigenvalue weighted by molar-refractivity contribution is 0.0940. The fourth-order valence-electron chi connectivity index (χ4n) is 3.26. The molecule has 0 aliphatic heterocycles. The maximum Gasteiger partial charge on any atom is 0.321 e. The van der Waals surface area contributed by atoms with Crippen LogP contribution in [0, 0.1) is 0 Å². The Balaban J connectivity index is 1.96. The highest BCUT2D eigenvalue weighted by molar-refractivity contribution is 5.94. The standard InChI is InChI=1S/C24H34N4O2/c1-6-17-27(5)22-15-11-20(12-16-22)23(29)25-18(4)19-9-13-21(14-10-19)26-24(30)28(7-2)8-3/h9-16,18H,6-8,17H2,1-5H3,(H,25,29)(H,26,30)/t18-/m1/s1. The summed E-state index contributed by atoms with van der Waals surface area (Å²) in [6.45, 7) is 10.3. The topological polar surface area (TPSA) is 64.7 Å². The molecule has 2 aromatic rings. The normalized spacial score (nSPS) is 11.5. The lowest BCUT2D eigenvalue weighted by atomic mass is 10.1. The molecule has 6 heteroatoms. The predicted octanol–water partition coefficient (Wildman–Crippen LogP) is 4.90. The van der Waals surface area contributed by atoms with Crippen molar-refractivity contribution in [1.82, 2.24) is 10.2 Å². The number of benzene rings is 2. The first-order valence-corrected chi connectivity index (χ1v) is 10.7. The molecule has 2 aromatic carbocycles. The predicted molar refractivity (Wildman–Crippen MR) is 124 cm³/mol. The van der Waals surface area contributed by atoms with Gasteiger partial charge in [0.2, 0.25) is 0 Å². The van der Waals surface area contributed by atoms with Gasteiger partial charge < -0.3 is 20.4 Å². The highest BCUT2D eigenvalue weighted by Gasteiger charge is 2.13. The molecule has 0 fully saturated rings. The average molecular weight is 411 g/mol. The number of hydrogen-bond acceptors (Lipinski definition) is 3. The van der Waals surface area contributed by atoms with E-state index in [9.17, 15) is 9.59 Å². The van der Waals surface area contributed by atoms with Crippen molar-refractivity contribution < 1.29 is 9.59 Å². The summed E-state index contributed by atoms with van der Waals surface area (Å²) in [5.74, 6) is -0.105. The van der Waals surface area contributed by atoms with Crippen molar-refractivity contribution in [1.29, 1.82) is 0 Å². The van der Waals surface area contributed by atoms with E-state index < -0.39 is 0 Å². The Hall–Kier alpha value is -3.02. The minimum atomic E-state index is -0.146. The molecule has 162 valence electrons. The number of hydrogen-bond donors (Lipinski definition) is 2. The van der Waals surface area contributed by atoms with Gasteiger partial charge in [-0.3, -0.25) is 4.79 Å². The van der Waals surface area contributed by atoms with Crippen LogP contribution in [0.25, 0.3) is 0 Å². The Kier molecular flexibility index (Phi) is 8.71. The van der Waals surface area contributed by atoms with Crippen LogP contribution in [0.2, 0.25) is 0 Å². The van der Waals surface area contributed by atoms with Crippen LogP contribution >= 0.6 is 0 Å². The Labute approximate surface area is 180 Å². The van der Waals surface area contributed by atoms with Crippen molar-refractivity contribution in [3.05, 3.63) is 59.7 Å². The summed E-state index contributed by atoms with van der Waals surface area (Å²) in [4.78, 5) is 28.7. The number of nitrogens with one attached hydrogen (secondary N) is 2. The highest BCUT2D eigenvalue weighted by atomic mass is 16.2. The van der Waals surface area contributed by atoms with Gasteiger partial charge in [0.25, 0.3) is 5.91 Å². The van der Waals surface area contributed by atoms with E-state index in [1.165, 1.54) is 0 Å². The molecule has 0 spiro atoms. The van der Waals surface area contributed by atoms with Gasteiger partial charge >= 0.3 is 6.03 Å². The van der Waals surface area contributed by atoms with Crippen molar-refractivity contribution in [2.75, 3.05) is 36.9 Å². The molecule has 0 bridgehead atoms. The van der Waals surface area contributed by atoms with Gasteiger partial charge in [-0.25, -0.2) is 4.79 Å². The van der Waals surface area contributed by atoms with Crippen LogP contribution in [-0.4, -0.2) is 43.5 Å². The van der Waals surface area contributed by atoms with Crippen molar-refractivity contribution in [2.24, 2.45) is 0 Å². The molecule has 2 N–H and O–H groups in total. The van der Waals surface area contributed by atoms with Gasteiger partial charge in [0.1, 0.15) is 0 Å². The van der Waals surface area contributed by atoms with E-state index in [0.29, 0.717) is 18.7 Å². The third kappa shape index (κ3) is 6.24. The minimum Gasteiger partial charge on any atom is -0.375 e. The molecule has 3 amide bonds. The third-order valence-corrected chi connectivity index (χ3v) is 5.19. The summed E-state index contributed by atoms with van der Waals surface area (Å²) in [7, 11) is 2.05. The zero-order valence-electron chi connectivity index (χ0n) is 18.7. The maximum atomic E-state index is 12.6. The average Bonchev–Trinajstić information content (AvgIpc) is 2.75. The Morgan fingerprint density at radius 3 is 2.07 bits per heavy atom. The lowest BCUT2D eigenvalue weighted by Crippen LogP contribution is -2.34. The van der Waals surface area contributed by atoms with Crippen LogP contribution in [0.3, 0.4) is 0 Å². The van der Waals surface area contributed by atoms with Crippen LogP contribution in [0.1, 0.15) is 56.1 Å². The molecule has 0 aliphatic carbocycles. The van der Waals surface area contributed by atoms with Crippen LogP contribution in [-0.2, 0) is 0 Å². The second-order valence-corrected chi connectivity index (χ2v) is 7.39. The van der Waals surface area contributed by atoms with Gasteiger partial charge in [0.05, 0.1) is 6.04 Å². The first-order chi connectivity index (χ1) is 14.4. The number of carbonyl (C=O) groups excluding carboxylic acids is 2. The number of rotatable bonds is 9. The van der Waals surface area contributed by atoms with E-state index in [4.69, 9.17) is 0 Å². The molecule has 0 saturated heterocycles. The second-order valence-electron chi connectivity index (χ2n) is 7.39. The molecule has 1 atom stereocenters. The van der Waals surface area contributed by atoms with Crippen LogP contribution in [0.4, 0.5) is 16.2 Å². The van der Waals surface area contributed by atoms with Crippen molar-refractivity contribution >= 4 is 23.3 Å². The first-order valence-electron chi connectivity index (χ1n) is 10.7. The van der Waals surface area contributed by atoms with Gasteiger partial charge in [0.15, 0.2) is 0 Å². The van der Waals surface area contributed by atoms with E-state index in [2.05, 4.69) is 29.5 Å². The van der Waals surface area contributed by atoms with Gasteiger partial charge in [0, 0.05) is 43.6 Å². The van der Waals surface area contributed by atoms with Crippen molar-refractivity contribution in [3.8, 4) is 0 Å². The highest BCUT2D eigenvalue weighted by Crippen LogP contribution is 2.18. The maximum absolute atomic E-state index is 12.6. The second kappa shape index (κ2) is 11.2. The molecular weight excluding hydrogens is 376 g/mol. The Morgan fingerprint density at radius 2 is 1.53 bits per heavy atom. The fourth-order valence-corrected chi connectivity index (χ4v) is 3.26. The summed E-state index contributed by atoms with van der Waals surface area (Å²) in [5, 5.41) is 5.93. The monoisotopic (exact) mass is 410 g/mol. The van der Waals surface area contributed by atoms with Crippen molar-refractivity contribution in [3.63, 3.8) is 0 Å². The summed E-state index contributed by atoms with van der Waals surface area (Å²) >= 11 is 0. The minimum absolute atomic E-state index is 0.105. The quantitative estimate of drug-likeness (QED) is 0.618. The summed E-state index contributed by atoms with van der Waals surface area (Å²) < 4.78 is 0. The van der Waals surface area contributed by atoms with E-state index in [1.54, 1.807) is 4.90 Å². The molecule has 30 heavy (non-hydrogen) atoms. The van der Waals surface area contributed by atoms with E-state index in [0.717, 1.165) is 29.9 Å². The van der Waals surface area contributed by atoms with Crippen LogP contribution in [0.5, 0.6) is 0 Å². The number of anilines is 2. The molecular formula is C24H34N4O2. The zero-order chi connectivity index (χ0) is 22.1. The number of nitrogens with zero attached hydrogens (tertiary/aromatic N) is 2. The molecule has 0 saturated carbocycles. The van der Waals surface area contributed by atoms with Crippen LogP contribution in [0.15, 0.2) is 48.5 Å². The Morgan fingerprint density at radius 1 is 0.933 bits per heavy atom. The van der Waals surface area contributed by atoms with Gasteiger partial charge in [-0.15, -0.1) is 0 Å². The first kappa shape index (κ1) is 23.3. The molecule has 0 unspecified atom stereocenters. The zero-order valence-corrected chi connectivity index (χ0v) is 18.7. The van der Waals surface area contributed by atoms with Gasteiger partial charge in [-0.05, 0) is 69.2 Å².